The molecule has 2 amide bonds. The van der Waals surface area contributed by atoms with Crippen LogP contribution < -0.4 is 21.3 Å². The van der Waals surface area contributed by atoms with Gasteiger partial charge in [0.25, 0.3) is 20.2 Å². The van der Waals surface area contributed by atoms with E-state index < -0.39 is 30.0 Å². The van der Waals surface area contributed by atoms with Gasteiger partial charge < -0.3 is 20.4 Å². The lowest BCUT2D eigenvalue weighted by Gasteiger charge is -2.21. The van der Waals surface area contributed by atoms with Crippen LogP contribution in [0.4, 0.5) is 28.4 Å². The molecule has 0 aromatic heterocycles. The van der Waals surface area contributed by atoms with Gasteiger partial charge in [0.15, 0.2) is 0 Å². The molecule has 0 saturated carbocycles. The van der Waals surface area contributed by atoms with E-state index in [-0.39, 0.29) is 45.2 Å². The maximum Gasteiger partial charge on any atom is 0.296 e. The fourth-order valence-electron chi connectivity index (χ4n) is 7.92. The van der Waals surface area contributed by atoms with Gasteiger partial charge >= 0.3 is 0 Å². The maximum absolute atomic E-state index is 13.2. The van der Waals surface area contributed by atoms with Crippen molar-refractivity contribution >= 4 is 71.5 Å². The summed E-state index contributed by atoms with van der Waals surface area (Å²) in [4.78, 5) is 29.4. The average molecular weight is 881 g/mol. The van der Waals surface area contributed by atoms with Crippen molar-refractivity contribution in [3.05, 3.63) is 105 Å². The van der Waals surface area contributed by atoms with Crippen LogP contribution in [0.3, 0.4) is 0 Å². The molecule has 0 atom stereocenters. The van der Waals surface area contributed by atoms with E-state index >= 15 is 0 Å². The van der Waals surface area contributed by atoms with Gasteiger partial charge in [-0.05, 0) is 112 Å². The predicted molar refractivity (Wildman–Crippen MR) is 244 cm³/mol. The summed E-state index contributed by atoms with van der Waals surface area (Å²) in [7, 11) is -9.79. The first-order chi connectivity index (χ1) is 29.2. The summed E-state index contributed by atoms with van der Waals surface area (Å²) in [5, 5.41) is 9.70. The van der Waals surface area contributed by atoms with E-state index in [0.717, 1.165) is 47.2 Å². The van der Waals surface area contributed by atoms with Gasteiger partial charge in [0.1, 0.15) is 21.1 Å². The summed E-state index contributed by atoms with van der Waals surface area (Å²) in [6, 6.07) is 17.2. The molecule has 326 valence electrons. The fraction of sp³-hybridized carbons (Fsp3) is 0.298. The van der Waals surface area contributed by atoms with Crippen molar-refractivity contribution in [3.63, 3.8) is 0 Å². The first-order valence-electron chi connectivity index (χ1n) is 20.4. The minimum atomic E-state index is -4.99. The quantitative estimate of drug-likeness (QED) is 0.0517. The van der Waals surface area contributed by atoms with Crippen molar-refractivity contribution < 1.29 is 39.9 Å². The van der Waals surface area contributed by atoms with Crippen molar-refractivity contribution in [1.82, 2.24) is 0 Å². The number of anilines is 4. The van der Waals surface area contributed by atoms with Gasteiger partial charge in [0.05, 0.1) is 11.0 Å². The number of nitrogens with zero attached hydrogens (tertiary/aromatic N) is 1. The summed E-state index contributed by atoms with van der Waals surface area (Å²) in [5.74, 6) is -0.166. The van der Waals surface area contributed by atoms with Gasteiger partial charge in [-0.1, -0.05) is 57.0 Å². The van der Waals surface area contributed by atoms with Gasteiger partial charge in [-0.15, -0.1) is 0 Å². The SMILES string of the molecule is CCCCC(=O)Nc1c(C)cc(C)c(/N=c2\cc3oc4cc(Nc5c(C)cc(C)c(NC(=O)CCCC)c5C)ccc4c(-c4ccccc4S(=O)(=O)O)c-3cc2S(=O)(=O)O)c1C. The zero-order valence-corrected chi connectivity index (χ0v) is 37.7. The second-order valence-corrected chi connectivity index (χ2v) is 18.5. The Balaban J connectivity index is 1.63. The van der Waals surface area contributed by atoms with Crippen LogP contribution in [0.1, 0.15) is 85.8 Å². The molecule has 0 fully saturated rings. The summed E-state index contributed by atoms with van der Waals surface area (Å²) in [6.45, 7) is 15.2. The van der Waals surface area contributed by atoms with Crippen molar-refractivity contribution in [2.24, 2.45) is 4.99 Å². The largest absolute Gasteiger partial charge is 0.456 e. The van der Waals surface area contributed by atoms with Crippen molar-refractivity contribution in [1.29, 1.82) is 0 Å². The Hall–Kier alpha value is -5.87. The number of amides is 2. The number of hydrogen-bond donors (Lipinski definition) is 5. The van der Waals surface area contributed by atoms with Crippen molar-refractivity contribution in [2.75, 3.05) is 16.0 Å². The Morgan fingerprint density at radius 1 is 0.645 bits per heavy atom. The van der Waals surface area contributed by atoms with E-state index in [1.807, 2.05) is 53.7 Å². The highest BCUT2D eigenvalue weighted by molar-refractivity contribution is 7.86. The molecular formula is C47H52N4O9S2. The van der Waals surface area contributed by atoms with Crippen LogP contribution in [0.25, 0.3) is 33.4 Å². The van der Waals surface area contributed by atoms with E-state index in [2.05, 4.69) is 16.0 Å². The molecule has 1 aliphatic heterocycles. The topological polar surface area (TPSA) is 204 Å². The highest BCUT2D eigenvalue weighted by Gasteiger charge is 2.27. The van der Waals surface area contributed by atoms with Crippen LogP contribution in [0.15, 0.2) is 85.9 Å². The highest BCUT2D eigenvalue weighted by Crippen LogP contribution is 2.44. The number of hydrogen-bond acceptors (Lipinski definition) is 9. The van der Waals surface area contributed by atoms with Crippen LogP contribution in [-0.2, 0) is 29.8 Å². The van der Waals surface area contributed by atoms with E-state index in [1.54, 1.807) is 38.1 Å². The number of unbranched alkanes of at least 4 members (excludes halogenated alkanes) is 2. The Morgan fingerprint density at radius 3 is 1.81 bits per heavy atom. The molecule has 0 radical (unpaired) electrons. The second-order valence-electron chi connectivity index (χ2n) is 15.7. The molecular weight excluding hydrogens is 829 g/mol. The van der Waals surface area contributed by atoms with Crippen LogP contribution in [-0.4, -0.2) is 37.8 Å². The molecule has 5 N–H and O–H groups in total. The fourth-order valence-corrected chi connectivity index (χ4v) is 9.25. The summed E-state index contributed by atoms with van der Waals surface area (Å²) in [6.07, 6.45) is 3.94. The van der Waals surface area contributed by atoms with E-state index in [0.29, 0.717) is 58.5 Å². The monoisotopic (exact) mass is 880 g/mol. The lowest BCUT2D eigenvalue weighted by atomic mass is 9.93. The summed E-state index contributed by atoms with van der Waals surface area (Å²) in [5.41, 5.74) is 8.23. The molecule has 0 unspecified atom stereocenters. The number of carbonyl (C=O) groups is 2. The number of fused-ring (bicyclic) bond motifs is 2. The van der Waals surface area contributed by atoms with E-state index in [4.69, 9.17) is 9.41 Å². The molecule has 62 heavy (non-hydrogen) atoms. The molecule has 1 aliphatic carbocycles. The number of aryl methyl sites for hydroxylation is 4. The van der Waals surface area contributed by atoms with Crippen LogP contribution in [0.5, 0.6) is 0 Å². The maximum atomic E-state index is 13.2. The molecule has 0 saturated heterocycles. The van der Waals surface area contributed by atoms with Gasteiger partial charge in [-0.3, -0.25) is 18.7 Å². The summed E-state index contributed by atoms with van der Waals surface area (Å²) < 4.78 is 79.7. The lowest BCUT2D eigenvalue weighted by molar-refractivity contribution is -0.117. The molecule has 0 bridgehead atoms. The van der Waals surface area contributed by atoms with Crippen molar-refractivity contribution in [3.8, 4) is 22.5 Å². The average Bonchev–Trinajstić information content (AvgIpc) is 3.20. The zero-order valence-electron chi connectivity index (χ0n) is 36.1. The zero-order chi connectivity index (χ0) is 45.3. The molecule has 4 aromatic rings. The van der Waals surface area contributed by atoms with Gasteiger partial charge in [-0.25, -0.2) is 4.99 Å². The smallest absolute Gasteiger partial charge is 0.296 e. The normalized spacial score (nSPS) is 12.3. The molecule has 13 nitrogen and oxygen atoms in total. The predicted octanol–water partition coefficient (Wildman–Crippen LogP) is 10.8. The molecule has 1 heterocycles. The third-order valence-electron chi connectivity index (χ3n) is 11.0. The Bertz CT molecular complexity index is 3030. The van der Waals surface area contributed by atoms with Crippen LogP contribution in [0.2, 0.25) is 0 Å². The van der Waals surface area contributed by atoms with Crippen LogP contribution >= 0.6 is 0 Å². The molecule has 4 aromatic carbocycles. The van der Waals surface area contributed by atoms with E-state index in [1.165, 1.54) is 30.3 Å². The third-order valence-corrected chi connectivity index (χ3v) is 12.8. The standard InChI is InChI=1S/C47H52N4O9S2/c1-9-11-17-41(52)50-46-28(5)21-26(3)44(30(46)7)48-32-19-20-33-37(23-32)60-38-25-36(49-45-27(4)22-29(6)47(31(45)8)51-42(53)18-12-10-2)40(62(57,58)59)24-35(38)43(33)34-15-13-14-16-39(34)61(54,55)56/h13-16,19-25,48H,9-12,17-18H2,1-8H3,(H,50,52)(H,51,53)(H,54,55,56)(H,57,58,59)/b49-36+. The minimum absolute atomic E-state index is 0.0508. The Morgan fingerprint density at radius 2 is 1.21 bits per heavy atom. The number of rotatable bonds is 14. The van der Waals surface area contributed by atoms with Gasteiger partial charge in [0, 0.05) is 69.8 Å². The first-order valence-corrected chi connectivity index (χ1v) is 23.3. The Labute approximate surface area is 362 Å². The number of nitrogens with one attached hydrogen (secondary N) is 3. The molecule has 15 heteroatoms. The molecule has 6 rings (SSSR count). The molecule has 2 aliphatic rings. The van der Waals surface area contributed by atoms with Gasteiger partial charge in [-0.2, -0.15) is 16.8 Å². The molecule has 0 spiro atoms. The number of benzene rings is 5. The first kappa shape index (κ1) is 45.7. The minimum Gasteiger partial charge on any atom is -0.456 e. The number of carbonyl (C=O) groups excluding carboxylic acids is 2. The summed E-state index contributed by atoms with van der Waals surface area (Å²) >= 11 is 0. The second kappa shape index (κ2) is 18.2. The van der Waals surface area contributed by atoms with Gasteiger partial charge in [0.2, 0.25) is 11.8 Å². The van der Waals surface area contributed by atoms with Crippen LogP contribution in [0, 0.1) is 41.5 Å². The lowest BCUT2D eigenvalue weighted by Crippen LogP contribution is -2.17. The Kier molecular flexibility index (Phi) is 13.4. The highest BCUT2D eigenvalue weighted by atomic mass is 32.2. The third kappa shape index (κ3) is 9.60. The van der Waals surface area contributed by atoms with Crippen molar-refractivity contribution in [2.45, 2.75) is 104 Å². The van der Waals surface area contributed by atoms with E-state index in [9.17, 15) is 35.5 Å².